The Morgan fingerprint density at radius 3 is 2.38 bits per heavy atom. The van der Waals surface area contributed by atoms with Crippen molar-refractivity contribution >= 4 is 11.9 Å². The summed E-state index contributed by atoms with van der Waals surface area (Å²) in [6.07, 6.45) is -1.51. The molecule has 1 aromatic rings. The fraction of sp³-hybridized carbons (Fsp3) is 0.636. The lowest BCUT2D eigenvalue weighted by Gasteiger charge is -2.47. The lowest BCUT2D eigenvalue weighted by Crippen LogP contribution is -2.52. The van der Waals surface area contributed by atoms with Crippen LogP contribution in [0.3, 0.4) is 0 Å². The van der Waals surface area contributed by atoms with E-state index in [1.807, 2.05) is 18.2 Å². The van der Waals surface area contributed by atoms with Crippen molar-refractivity contribution in [3.63, 3.8) is 0 Å². The number of carbonyl (C=O) groups excluding carboxylic acids is 1. The number of carboxylic acids is 1. The normalized spacial score (nSPS) is 26.2. The summed E-state index contributed by atoms with van der Waals surface area (Å²) in [6.45, 7) is 4.05. The van der Waals surface area contributed by atoms with Crippen molar-refractivity contribution in [3.8, 4) is 5.75 Å². The zero-order valence-electron chi connectivity index (χ0n) is 17.8. The predicted molar refractivity (Wildman–Crippen MR) is 108 cm³/mol. The van der Waals surface area contributed by atoms with Gasteiger partial charge in [0.2, 0.25) is 5.91 Å². The van der Waals surface area contributed by atoms with Crippen molar-refractivity contribution in [2.45, 2.75) is 50.4 Å². The van der Waals surface area contributed by atoms with Gasteiger partial charge in [-0.1, -0.05) is 25.1 Å². The summed E-state index contributed by atoms with van der Waals surface area (Å²) in [6, 6.07) is 8.06. The molecule has 0 bridgehead atoms. The van der Waals surface area contributed by atoms with Gasteiger partial charge in [-0.15, -0.1) is 0 Å². The van der Waals surface area contributed by atoms with E-state index in [1.165, 1.54) is 0 Å². The third kappa shape index (κ3) is 5.90. The summed E-state index contributed by atoms with van der Waals surface area (Å²) in [4.78, 5) is 23.6. The molecule has 1 aromatic carbocycles. The Balaban J connectivity index is 0.000000360. The average molecular weight is 460 g/mol. The van der Waals surface area contributed by atoms with Crippen LogP contribution < -0.4 is 10.1 Å². The summed E-state index contributed by atoms with van der Waals surface area (Å²) in [7, 11) is 0. The number of carboxylic acid groups (broad SMARTS) is 1. The van der Waals surface area contributed by atoms with Crippen LogP contribution in [0.4, 0.5) is 17.6 Å². The Morgan fingerprint density at radius 2 is 1.84 bits per heavy atom. The topological polar surface area (TPSA) is 78.9 Å². The maximum Gasteiger partial charge on any atom is 0.490 e. The number of halogens is 4. The van der Waals surface area contributed by atoms with E-state index in [2.05, 4.69) is 23.2 Å². The smallest absolute Gasteiger partial charge is 0.487 e. The number of piperidine rings is 1. The highest BCUT2D eigenvalue weighted by Gasteiger charge is 2.45. The van der Waals surface area contributed by atoms with Crippen LogP contribution in [0.1, 0.15) is 44.2 Å². The van der Waals surface area contributed by atoms with E-state index in [4.69, 9.17) is 14.6 Å². The number of fused-ring (bicyclic) bond motifs is 1. The van der Waals surface area contributed by atoms with E-state index in [0.29, 0.717) is 12.5 Å². The van der Waals surface area contributed by atoms with Gasteiger partial charge in [0.25, 0.3) is 0 Å². The molecule has 0 aromatic heterocycles. The number of para-hydroxylation sites is 1. The Bertz CT molecular complexity index is 824. The van der Waals surface area contributed by atoms with Crippen molar-refractivity contribution < 1.29 is 37.0 Å². The molecule has 6 nitrogen and oxygen atoms in total. The quantitative estimate of drug-likeness (QED) is 0.670. The zero-order valence-corrected chi connectivity index (χ0v) is 17.8. The molecule has 32 heavy (non-hydrogen) atoms. The van der Waals surface area contributed by atoms with Gasteiger partial charge in [-0.2, -0.15) is 13.2 Å². The van der Waals surface area contributed by atoms with Crippen molar-refractivity contribution in [1.82, 2.24) is 10.2 Å². The van der Waals surface area contributed by atoms with E-state index >= 15 is 0 Å². The molecule has 178 valence electrons. The average Bonchev–Trinajstić information content (AvgIpc) is 3.47. The molecule has 2 fully saturated rings. The fourth-order valence-corrected chi connectivity index (χ4v) is 4.32. The maximum absolute atomic E-state index is 12.6. The SMILES string of the molecule is CC1CC1C(=O)NC1CC2(CCN(CCF)CC2)Oc2ccccc21.O=C(O)C(F)(F)F. The highest BCUT2D eigenvalue weighted by molar-refractivity contribution is 5.82. The number of nitrogens with zero attached hydrogens (tertiary/aromatic N) is 1. The van der Waals surface area contributed by atoms with Gasteiger partial charge in [-0.3, -0.25) is 4.79 Å². The number of nitrogens with one attached hydrogen (secondary N) is 1. The highest BCUT2D eigenvalue weighted by Crippen LogP contribution is 2.45. The van der Waals surface area contributed by atoms with Crippen molar-refractivity contribution in [1.29, 1.82) is 0 Å². The summed E-state index contributed by atoms with van der Waals surface area (Å²) >= 11 is 0. The molecule has 3 aliphatic rings. The first-order valence-electron chi connectivity index (χ1n) is 10.7. The molecule has 3 atom stereocenters. The molecule has 1 aliphatic carbocycles. The van der Waals surface area contributed by atoms with E-state index < -0.39 is 12.1 Å². The molecule has 2 N–H and O–H groups in total. The Labute approximate surface area is 183 Å². The largest absolute Gasteiger partial charge is 0.490 e. The molecule has 0 radical (unpaired) electrons. The number of rotatable bonds is 4. The molecule has 3 unspecified atom stereocenters. The van der Waals surface area contributed by atoms with E-state index in [1.54, 1.807) is 0 Å². The monoisotopic (exact) mass is 460 g/mol. The second-order valence-corrected chi connectivity index (χ2v) is 8.74. The minimum Gasteiger partial charge on any atom is -0.487 e. The molecule has 2 aliphatic heterocycles. The third-order valence-corrected chi connectivity index (χ3v) is 6.37. The van der Waals surface area contributed by atoms with Gasteiger partial charge in [-0.25, -0.2) is 9.18 Å². The number of amides is 1. The number of ether oxygens (including phenoxy) is 1. The first-order valence-corrected chi connectivity index (χ1v) is 10.7. The molecule has 4 rings (SSSR count). The van der Waals surface area contributed by atoms with Crippen LogP contribution in [0, 0.1) is 11.8 Å². The molecule has 10 heteroatoms. The van der Waals surface area contributed by atoms with Gasteiger partial charge in [0.1, 0.15) is 18.0 Å². The summed E-state index contributed by atoms with van der Waals surface area (Å²) in [5.74, 6) is -1.00. The first kappa shape index (κ1) is 24.3. The number of likely N-dealkylation sites (tertiary alicyclic amines) is 1. The van der Waals surface area contributed by atoms with E-state index in [9.17, 15) is 22.4 Å². The number of aliphatic carboxylic acids is 1. The summed E-state index contributed by atoms with van der Waals surface area (Å²) in [5.41, 5.74) is 0.842. The minimum atomic E-state index is -5.08. The Kier molecular flexibility index (Phi) is 7.32. The van der Waals surface area contributed by atoms with Crippen LogP contribution in [-0.4, -0.2) is 60.0 Å². The second-order valence-electron chi connectivity index (χ2n) is 8.74. The number of hydrogen-bond acceptors (Lipinski definition) is 4. The number of hydrogen-bond donors (Lipinski definition) is 2. The van der Waals surface area contributed by atoms with E-state index in [0.717, 1.165) is 50.1 Å². The van der Waals surface area contributed by atoms with Crippen molar-refractivity contribution in [2.24, 2.45) is 11.8 Å². The second kappa shape index (κ2) is 9.64. The molecule has 1 spiro atoms. The van der Waals surface area contributed by atoms with Crippen LogP contribution in [0.2, 0.25) is 0 Å². The molecule has 1 saturated carbocycles. The standard InChI is InChI=1S/C20H27FN2O2.C2HF3O2/c1-14-12-16(14)19(24)22-17-13-20(6-9-23(10-7-20)11-8-21)25-18-5-3-2-4-15(17)18;3-2(4,5)1(6)7/h2-5,14,16-17H,6-13H2,1H3,(H,22,24);(H,6,7). The van der Waals surface area contributed by atoms with Gasteiger partial charge >= 0.3 is 12.1 Å². The van der Waals surface area contributed by atoms with Gasteiger partial charge in [0.15, 0.2) is 0 Å². The zero-order chi connectivity index (χ0) is 23.5. The number of alkyl halides is 4. The lowest BCUT2D eigenvalue weighted by atomic mass is 9.80. The van der Waals surface area contributed by atoms with Crippen molar-refractivity contribution in [2.75, 3.05) is 26.3 Å². The fourth-order valence-electron chi connectivity index (χ4n) is 4.32. The van der Waals surface area contributed by atoms with Crippen LogP contribution >= 0.6 is 0 Å². The van der Waals surface area contributed by atoms with Crippen LogP contribution in [0.5, 0.6) is 5.75 Å². The third-order valence-electron chi connectivity index (χ3n) is 6.37. The van der Waals surface area contributed by atoms with Crippen LogP contribution in [0.25, 0.3) is 0 Å². The minimum absolute atomic E-state index is 0.0120. The molecule has 2 heterocycles. The highest BCUT2D eigenvalue weighted by atomic mass is 19.4. The maximum atomic E-state index is 12.6. The molecular formula is C22H28F4N2O4. The van der Waals surface area contributed by atoms with Crippen LogP contribution in [-0.2, 0) is 9.59 Å². The lowest BCUT2D eigenvalue weighted by molar-refractivity contribution is -0.192. The molecule has 1 amide bonds. The van der Waals surface area contributed by atoms with Gasteiger partial charge in [0.05, 0.1) is 6.04 Å². The summed E-state index contributed by atoms with van der Waals surface area (Å²) < 4.78 is 50.8. The summed E-state index contributed by atoms with van der Waals surface area (Å²) in [5, 5.41) is 10.4. The van der Waals surface area contributed by atoms with E-state index in [-0.39, 0.29) is 30.1 Å². The molecular weight excluding hydrogens is 432 g/mol. The van der Waals surface area contributed by atoms with Gasteiger partial charge < -0.3 is 20.1 Å². The first-order chi connectivity index (χ1) is 15.0. The van der Waals surface area contributed by atoms with Gasteiger partial charge in [-0.05, 0) is 31.2 Å². The molecule has 1 saturated heterocycles. The number of carbonyl (C=O) groups is 2. The Hall–Kier alpha value is -2.36. The van der Waals surface area contributed by atoms with Crippen LogP contribution in [0.15, 0.2) is 24.3 Å². The Morgan fingerprint density at radius 1 is 1.25 bits per heavy atom. The predicted octanol–water partition coefficient (Wildman–Crippen LogP) is 3.72. The van der Waals surface area contributed by atoms with Gasteiger partial charge in [0, 0.05) is 37.5 Å². The van der Waals surface area contributed by atoms with Crippen molar-refractivity contribution in [3.05, 3.63) is 29.8 Å². The number of benzene rings is 1.